The Morgan fingerprint density at radius 2 is 0.821 bits per heavy atom. The molecule has 4 rings (SSSR count). The van der Waals surface area contributed by atoms with Crippen LogP contribution in [0, 0.1) is 5.92 Å². The van der Waals surface area contributed by atoms with Gasteiger partial charge in [0.2, 0.25) is 35.4 Å². The van der Waals surface area contributed by atoms with Crippen LogP contribution in [0.15, 0.2) is 75.9 Å². The molecule has 0 saturated heterocycles. The molecule has 0 fully saturated rings. The first-order valence-electron chi connectivity index (χ1n) is 26.0. The fourth-order valence-electron chi connectivity index (χ4n) is 8.46. The number of carboxylic acid groups (broad SMARTS) is 1. The van der Waals surface area contributed by atoms with Gasteiger partial charge in [-0.05, 0) is 93.5 Å². The molecule has 7 atom stereocenters. The second-order valence-corrected chi connectivity index (χ2v) is 19.2. The lowest BCUT2D eigenvalue weighted by Gasteiger charge is -2.28. The van der Waals surface area contributed by atoms with Gasteiger partial charge in [-0.3, -0.25) is 43.7 Å². The first-order valence-corrected chi connectivity index (χ1v) is 26.0. The number of aromatic amines is 2. The average molecular weight is 1090 g/mol. The average Bonchev–Trinajstić information content (AvgIpc) is 4.01. The summed E-state index contributed by atoms with van der Waals surface area (Å²) >= 11 is 0. The SMILES string of the molecule is CC(C)[C@H](N)C(=O)N[C@@H](Cc1c[nH]c2ccccc12)C(=O)N[C@@H](CCCN=C(N)N)C(=O)N[C@@H](CCCCN)C(=O)N[C@@H](Cc1c[nH]c2ccccc12)C(=O)N[C@@H](CCCN=C(N)N)C(=O)N[C@@H](CCCN=C(N)N)C(=O)O. The Morgan fingerprint density at radius 3 is 1.19 bits per heavy atom. The van der Waals surface area contributed by atoms with Crippen LogP contribution in [0.3, 0.4) is 0 Å². The Hall–Kier alpha value is -8.46. The summed E-state index contributed by atoms with van der Waals surface area (Å²) in [4.78, 5) is 116. The third-order valence-electron chi connectivity index (χ3n) is 12.8. The number of nitrogens with zero attached hydrogens (tertiary/aromatic N) is 3. The zero-order chi connectivity index (χ0) is 57.3. The van der Waals surface area contributed by atoms with Gasteiger partial charge in [0, 0.05) is 66.7 Å². The van der Waals surface area contributed by atoms with Gasteiger partial charge >= 0.3 is 5.97 Å². The molecule has 6 amide bonds. The molecule has 78 heavy (non-hydrogen) atoms. The number of carbonyl (C=O) groups excluding carboxylic acids is 6. The van der Waals surface area contributed by atoms with Gasteiger partial charge in [-0.15, -0.1) is 0 Å². The zero-order valence-corrected chi connectivity index (χ0v) is 44.3. The van der Waals surface area contributed by atoms with Gasteiger partial charge in [-0.2, -0.15) is 0 Å². The van der Waals surface area contributed by atoms with E-state index in [1.165, 1.54) is 0 Å². The number of rotatable bonds is 34. The minimum atomic E-state index is -1.41. The summed E-state index contributed by atoms with van der Waals surface area (Å²) in [6.07, 6.45) is 4.54. The minimum absolute atomic E-state index is 0.0123. The second kappa shape index (κ2) is 31.6. The van der Waals surface area contributed by atoms with Crippen molar-refractivity contribution in [3.05, 3.63) is 72.1 Å². The highest BCUT2D eigenvalue weighted by Gasteiger charge is 2.35. The van der Waals surface area contributed by atoms with Gasteiger partial charge in [-0.25, -0.2) is 4.79 Å². The van der Waals surface area contributed by atoms with Gasteiger partial charge in [0.05, 0.1) is 6.04 Å². The van der Waals surface area contributed by atoms with Crippen LogP contribution in [-0.2, 0) is 46.4 Å². The predicted molar refractivity (Wildman–Crippen MR) is 299 cm³/mol. The van der Waals surface area contributed by atoms with Crippen LogP contribution in [0.5, 0.6) is 0 Å². The van der Waals surface area contributed by atoms with Crippen molar-refractivity contribution in [2.75, 3.05) is 26.2 Å². The molecule has 27 nitrogen and oxygen atoms in total. The molecule has 2 aromatic heterocycles. The van der Waals surface area contributed by atoms with Crippen molar-refractivity contribution in [3.63, 3.8) is 0 Å². The van der Waals surface area contributed by atoms with E-state index in [1.54, 1.807) is 32.3 Å². The van der Waals surface area contributed by atoms with Gasteiger partial charge in [0.15, 0.2) is 17.9 Å². The molecule has 25 N–H and O–H groups in total. The van der Waals surface area contributed by atoms with Gasteiger partial charge in [-0.1, -0.05) is 50.2 Å². The van der Waals surface area contributed by atoms with E-state index >= 15 is 0 Å². The normalized spacial score (nSPS) is 13.9. The molecule has 4 aromatic rings. The maximum Gasteiger partial charge on any atom is 0.326 e. The molecule has 0 saturated carbocycles. The monoisotopic (exact) mass is 1090 g/mol. The van der Waals surface area contributed by atoms with E-state index in [1.807, 2.05) is 42.5 Å². The predicted octanol–water partition coefficient (Wildman–Crippen LogP) is -2.30. The molecule has 0 aliphatic heterocycles. The second-order valence-electron chi connectivity index (χ2n) is 19.2. The molecule has 0 radical (unpaired) electrons. The highest BCUT2D eigenvalue weighted by atomic mass is 16.4. The van der Waals surface area contributed by atoms with Crippen molar-refractivity contribution in [3.8, 4) is 0 Å². The first kappa shape index (κ1) is 62.1. The number of aliphatic imine (C=N–C) groups is 3. The number of hydrogen-bond acceptors (Lipinski definition) is 12. The van der Waals surface area contributed by atoms with Crippen molar-refractivity contribution >= 4 is 81.1 Å². The number of para-hydroxylation sites is 2. The van der Waals surface area contributed by atoms with Crippen LogP contribution in [0.4, 0.5) is 0 Å². The fraction of sp³-hybridized carbons (Fsp3) is 0.490. The number of hydrogen-bond donors (Lipinski definition) is 17. The van der Waals surface area contributed by atoms with Crippen molar-refractivity contribution < 1.29 is 38.7 Å². The topological polar surface area (TPSA) is 489 Å². The number of guanidine groups is 3. The van der Waals surface area contributed by atoms with E-state index in [0.29, 0.717) is 24.0 Å². The summed E-state index contributed by atoms with van der Waals surface area (Å²) in [5.74, 6) is -6.74. The number of nitrogens with two attached hydrogens (primary N) is 8. The van der Waals surface area contributed by atoms with Crippen molar-refractivity contribution in [1.29, 1.82) is 0 Å². The summed E-state index contributed by atoms with van der Waals surface area (Å²) in [5, 5.41) is 27.9. The first-order chi connectivity index (χ1) is 37.2. The Kier molecular flexibility index (Phi) is 25.1. The number of unbranched alkanes of at least 4 members (excludes halogenated alkanes) is 1. The minimum Gasteiger partial charge on any atom is -0.480 e. The highest BCUT2D eigenvalue weighted by molar-refractivity contribution is 5.98. The summed E-state index contributed by atoms with van der Waals surface area (Å²) in [6.45, 7) is 4.03. The molecule has 2 aromatic carbocycles. The number of H-pyrrole nitrogens is 2. The Morgan fingerprint density at radius 1 is 0.487 bits per heavy atom. The third-order valence-corrected chi connectivity index (χ3v) is 12.8. The van der Waals surface area contributed by atoms with E-state index in [-0.39, 0.29) is 108 Å². The lowest BCUT2D eigenvalue weighted by atomic mass is 10.0. The van der Waals surface area contributed by atoms with E-state index in [2.05, 4.69) is 56.8 Å². The van der Waals surface area contributed by atoms with Crippen LogP contribution in [-0.4, -0.2) is 143 Å². The Bertz CT molecular complexity index is 2730. The quantitative estimate of drug-likeness (QED) is 0.0133. The van der Waals surface area contributed by atoms with E-state index in [4.69, 9.17) is 45.9 Å². The van der Waals surface area contributed by atoms with Gasteiger partial charge in [0.25, 0.3) is 0 Å². The zero-order valence-electron chi connectivity index (χ0n) is 44.3. The summed E-state index contributed by atoms with van der Waals surface area (Å²) in [6, 6.07) is 5.72. The van der Waals surface area contributed by atoms with Crippen LogP contribution < -0.4 is 77.8 Å². The number of nitrogens with one attached hydrogen (secondary N) is 8. The number of aromatic nitrogens is 2. The third kappa shape index (κ3) is 20.2. The van der Waals surface area contributed by atoms with Gasteiger partial charge in [0.1, 0.15) is 36.3 Å². The van der Waals surface area contributed by atoms with E-state index in [9.17, 15) is 38.7 Å². The Labute approximate surface area is 452 Å². The summed E-state index contributed by atoms with van der Waals surface area (Å²) < 4.78 is 0. The molecule has 27 heteroatoms. The number of amides is 6. The maximum atomic E-state index is 14.7. The highest BCUT2D eigenvalue weighted by Crippen LogP contribution is 2.21. The van der Waals surface area contributed by atoms with Crippen LogP contribution in [0.25, 0.3) is 21.8 Å². The lowest BCUT2D eigenvalue weighted by Crippen LogP contribution is -2.60. The summed E-state index contributed by atoms with van der Waals surface area (Å²) in [7, 11) is 0. The molecule has 2 heterocycles. The molecule has 0 unspecified atom stereocenters. The molecule has 0 spiro atoms. The molecule has 0 aliphatic carbocycles. The van der Waals surface area contributed by atoms with E-state index in [0.717, 1.165) is 21.8 Å². The summed E-state index contributed by atoms with van der Waals surface area (Å²) in [5.41, 5.74) is 48.0. The largest absolute Gasteiger partial charge is 0.480 e. The van der Waals surface area contributed by atoms with Crippen LogP contribution in [0.1, 0.15) is 82.8 Å². The van der Waals surface area contributed by atoms with Crippen LogP contribution >= 0.6 is 0 Å². The smallest absolute Gasteiger partial charge is 0.326 e. The molecular weight excluding hydrogens is 1010 g/mol. The molecule has 0 bridgehead atoms. The number of fused-ring (bicyclic) bond motifs is 2. The standard InChI is InChI=1S/C51H79N19O8/c1-28(2)41(53)47(76)70-40(25-30-27-64-34-15-6-4-13-32(30)34)46(75)66-36(17-9-21-60-49(54)55)42(71)65-35(16-7-8-20-52)44(73)69-39(24-29-26-63-33-14-5-3-12-31(29)33)45(74)67-37(18-10-22-61-50(56)57)43(72)68-38(48(77)78)19-11-23-62-51(58)59/h3-6,12-15,26-28,35-41,63-64H,7-11,16-25,52-53H2,1-2H3,(H,65,71)(H,66,75)(H,67,74)(H,68,72)(H,69,73)(H,70,76)(H,77,78)(H4,54,55,60)(H4,56,57,61)(H4,58,59,62)/t35-,36-,37-,38-,39-,40-,41-/m0/s1. The van der Waals surface area contributed by atoms with Crippen molar-refractivity contribution in [1.82, 2.24) is 41.9 Å². The Balaban J connectivity index is 1.68. The molecule has 0 aliphatic rings. The fourth-order valence-corrected chi connectivity index (χ4v) is 8.46. The number of aliphatic carboxylic acids is 1. The number of carbonyl (C=O) groups is 7. The van der Waals surface area contributed by atoms with Gasteiger partial charge < -0.3 is 92.8 Å². The van der Waals surface area contributed by atoms with E-state index < -0.39 is 83.7 Å². The lowest BCUT2D eigenvalue weighted by molar-refractivity contribution is -0.142. The molecular formula is C51H79N19O8. The van der Waals surface area contributed by atoms with Crippen molar-refractivity contribution in [2.45, 2.75) is 127 Å². The van der Waals surface area contributed by atoms with Crippen LogP contribution in [0.2, 0.25) is 0 Å². The number of carboxylic acids is 1. The molecule has 426 valence electrons. The number of benzene rings is 2. The maximum absolute atomic E-state index is 14.7. The van der Waals surface area contributed by atoms with Crippen molar-refractivity contribution in [2.24, 2.45) is 66.8 Å².